The molecule has 6 rings (SSSR count). The highest BCUT2D eigenvalue weighted by atomic mass is 16.5. The fourth-order valence-electron chi connectivity index (χ4n) is 6.51. The molecule has 4 aliphatic heterocycles. The quantitative estimate of drug-likeness (QED) is 0.545. The molecule has 2 aromatic carbocycles. The molecule has 2 aromatic rings. The number of carbonyl (C=O) groups is 4. The Bertz CT molecular complexity index is 1280. The van der Waals surface area contributed by atoms with E-state index in [0.717, 1.165) is 29.8 Å². The molecule has 4 amide bonds. The van der Waals surface area contributed by atoms with Crippen LogP contribution in [0, 0.1) is 0 Å². The number of anilines is 1. The Morgan fingerprint density at radius 3 is 2.32 bits per heavy atom. The Kier molecular flexibility index (Phi) is 6.49. The molecule has 38 heavy (non-hydrogen) atoms. The molecular formula is C29H32N4O5. The van der Waals surface area contributed by atoms with Crippen LogP contribution in [0.1, 0.15) is 70.4 Å². The molecule has 0 radical (unpaired) electrons. The third-order valence-corrected chi connectivity index (χ3v) is 8.51. The maximum absolute atomic E-state index is 13.3. The smallest absolute Gasteiger partial charge is 0.264 e. The number of ether oxygens (including phenoxy) is 1. The highest BCUT2D eigenvalue weighted by molar-refractivity contribution is 6.25. The van der Waals surface area contributed by atoms with E-state index in [2.05, 4.69) is 39.8 Å². The Hall–Kier alpha value is -3.56. The van der Waals surface area contributed by atoms with Gasteiger partial charge in [-0.05, 0) is 55.4 Å². The summed E-state index contributed by atoms with van der Waals surface area (Å²) in [5.74, 6) is -2.01. The van der Waals surface area contributed by atoms with Gasteiger partial charge in [-0.3, -0.25) is 34.3 Å². The van der Waals surface area contributed by atoms with E-state index >= 15 is 0 Å². The third-order valence-electron chi connectivity index (χ3n) is 8.51. The van der Waals surface area contributed by atoms with Crippen LogP contribution in [0.3, 0.4) is 0 Å². The number of hydrogen-bond acceptors (Lipinski definition) is 7. The van der Waals surface area contributed by atoms with Crippen molar-refractivity contribution >= 4 is 29.3 Å². The zero-order valence-electron chi connectivity index (χ0n) is 21.4. The molecule has 2 N–H and O–H groups in total. The van der Waals surface area contributed by atoms with E-state index in [4.69, 9.17) is 4.74 Å². The molecule has 4 aliphatic rings. The summed E-state index contributed by atoms with van der Waals surface area (Å²) in [5, 5.41) is 5.54. The highest BCUT2D eigenvalue weighted by Crippen LogP contribution is 2.38. The Morgan fingerprint density at radius 2 is 1.63 bits per heavy atom. The molecule has 3 fully saturated rings. The first kappa shape index (κ1) is 24.8. The summed E-state index contributed by atoms with van der Waals surface area (Å²) in [6.45, 7) is 1.43. The molecule has 4 heterocycles. The number of imide groups is 2. The zero-order chi connectivity index (χ0) is 26.4. The first-order valence-electron chi connectivity index (χ1n) is 13.4. The number of fused-ring (bicyclic) bond motifs is 3. The molecule has 0 spiro atoms. The summed E-state index contributed by atoms with van der Waals surface area (Å²) in [5.41, 5.74) is 3.44. The van der Waals surface area contributed by atoms with Crippen LogP contribution in [0.15, 0.2) is 42.5 Å². The number of hydrogen-bond donors (Lipinski definition) is 2. The molecule has 0 saturated carbocycles. The summed E-state index contributed by atoms with van der Waals surface area (Å²) in [4.78, 5) is 53.8. The van der Waals surface area contributed by atoms with Crippen molar-refractivity contribution < 1.29 is 23.9 Å². The van der Waals surface area contributed by atoms with Crippen LogP contribution >= 0.6 is 0 Å². The summed E-state index contributed by atoms with van der Waals surface area (Å²) >= 11 is 0. The first-order valence-corrected chi connectivity index (χ1v) is 13.4. The molecule has 0 aromatic heterocycles. The number of amides is 4. The molecule has 0 aliphatic carbocycles. The summed E-state index contributed by atoms with van der Waals surface area (Å²) < 4.78 is 5.63. The van der Waals surface area contributed by atoms with Gasteiger partial charge in [0.05, 0.1) is 17.2 Å². The van der Waals surface area contributed by atoms with Crippen molar-refractivity contribution in [2.24, 2.45) is 0 Å². The van der Waals surface area contributed by atoms with Crippen molar-refractivity contribution in [2.75, 3.05) is 12.4 Å². The van der Waals surface area contributed by atoms with Crippen LogP contribution in [-0.2, 0) is 27.4 Å². The molecule has 2 bridgehead atoms. The van der Waals surface area contributed by atoms with Crippen molar-refractivity contribution in [3.05, 3.63) is 64.7 Å². The third kappa shape index (κ3) is 4.39. The molecule has 198 valence electrons. The van der Waals surface area contributed by atoms with Gasteiger partial charge in [0.2, 0.25) is 11.8 Å². The van der Waals surface area contributed by atoms with E-state index in [0.29, 0.717) is 30.4 Å². The van der Waals surface area contributed by atoms with Crippen LogP contribution in [-0.4, -0.2) is 64.8 Å². The van der Waals surface area contributed by atoms with Gasteiger partial charge in [-0.1, -0.05) is 30.3 Å². The lowest BCUT2D eigenvalue weighted by molar-refractivity contribution is -0.136. The number of rotatable bonds is 7. The van der Waals surface area contributed by atoms with Gasteiger partial charge < -0.3 is 10.1 Å². The fraction of sp³-hybridized carbons (Fsp3) is 0.448. The van der Waals surface area contributed by atoms with Crippen molar-refractivity contribution in [3.8, 4) is 0 Å². The lowest BCUT2D eigenvalue weighted by Crippen LogP contribution is -2.54. The minimum atomic E-state index is -0.976. The van der Waals surface area contributed by atoms with Gasteiger partial charge in [-0.15, -0.1) is 0 Å². The first-order chi connectivity index (χ1) is 18.4. The van der Waals surface area contributed by atoms with Crippen LogP contribution in [0.5, 0.6) is 0 Å². The predicted molar refractivity (Wildman–Crippen MR) is 139 cm³/mol. The van der Waals surface area contributed by atoms with Crippen molar-refractivity contribution in [1.82, 2.24) is 15.1 Å². The minimum Gasteiger partial charge on any atom is -0.381 e. The van der Waals surface area contributed by atoms with Gasteiger partial charge in [0.1, 0.15) is 6.04 Å². The largest absolute Gasteiger partial charge is 0.381 e. The Labute approximate surface area is 221 Å². The molecule has 9 heteroatoms. The monoisotopic (exact) mass is 516 g/mol. The number of piperidine rings is 2. The number of carbonyl (C=O) groups excluding carboxylic acids is 4. The average molecular weight is 517 g/mol. The number of nitrogens with one attached hydrogen (secondary N) is 2. The molecule has 4 atom stereocenters. The van der Waals surface area contributed by atoms with E-state index in [1.807, 2.05) is 7.11 Å². The van der Waals surface area contributed by atoms with Crippen LogP contribution < -0.4 is 10.6 Å². The van der Waals surface area contributed by atoms with Gasteiger partial charge in [0.15, 0.2) is 0 Å². The van der Waals surface area contributed by atoms with E-state index in [1.165, 1.54) is 18.4 Å². The van der Waals surface area contributed by atoms with Gasteiger partial charge in [0.25, 0.3) is 11.8 Å². The van der Waals surface area contributed by atoms with Gasteiger partial charge in [0, 0.05) is 44.4 Å². The Morgan fingerprint density at radius 1 is 0.921 bits per heavy atom. The van der Waals surface area contributed by atoms with Gasteiger partial charge in [-0.2, -0.15) is 0 Å². The predicted octanol–water partition coefficient (Wildman–Crippen LogP) is 2.84. The van der Waals surface area contributed by atoms with E-state index < -0.39 is 23.8 Å². The molecule has 2 unspecified atom stereocenters. The zero-order valence-corrected chi connectivity index (χ0v) is 21.4. The van der Waals surface area contributed by atoms with Gasteiger partial charge >= 0.3 is 0 Å². The lowest BCUT2D eigenvalue weighted by atomic mass is 9.98. The topological polar surface area (TPSA) is 108 Å². The number of methoxy groups -OCH3 is 1. The van der Waals surface area contributed by atoms with Crippen LogP contribution in [0.4, 0.5) is 5.69 Å². The lowest BCUT2D eigenvalue weighted by Gasteiger charge is -2.38. The number of benzene rings is 2. The number of nitrogens with zero attached hydrogens (tertiary/aromatic N) is 2. The van der Waals surface area contributed by atoms with Crippen molar-refractivity contribution in [2.45, 2.75) is 75.8 Å². The summed E-state index contributed by atoms with van der Waals surface area (Å²) in [6, 6.07) is 13.8. The summed E-state index contributed by atoms with van der Waals surface area (Å²) in [6.07, 6.45) is 5.33. The second-order valence-corrected chi connectivity index (χ2v) is 10.7. The van der Waals surface area contributed by atoms with E-state index in [9.17, 15) is 19.2 Å². The minimum absolute atomic E-state index is 0.0949. The molecule has 9 nitrogen and oxygen atoms in total. The second-order valence-electron chi connectivity index (χ2n) is 10.7. The van der Waals surface area contributed by atoms with Crippen molar-refractivity contribution in [1.29, 1.82) is 0 Å². The van der Waals surface area contributed by atoms with E-state index in [1.54, 1.807) is 18.2 Å². The summed E-state index contributed by atoms with van der Waals surface area (Å²) in [7, 11) is 1.82. The normalized spacial score (nSPS) is 27.0. The maximum Gasteiger partial charge on any atom is 0.264 e. The Balaban J connectivity index is 1.11. The van der Waals surface area contributed by atoms with Crippen LogP contribution in [0.25, 0.3) is 0 Å². The maximum atomic E-state index is 13.3. The van der Waals surface area contributed by atoms with Crippen molar-refractivity contribution in [3.63, 3.8) is 0 Å². The fourth-order valence-corrected chi connectivity index (χ4v) is 6.51. The molecule has 3 saturated heterocycles. The second kappa shape index (κ2) is 9.96. The van der Waals surface area contributed by atoms with Gasteiger partial charge in [-0.25, -0.2) is 0 Å². The highest BCUT2D eigenvalue weighted by Gasteiger charge is 2.45. The molecular weight excluding hydrogens is 484 g/mol. The SMILES string of the molecule is COC1C[C@H]2CC[C@@H](C1)N2Cc1ccc(CNc2cccc3c2C(=O)N(C2CCC(=O)NC2=O)C3=O)cc1. The average Bonchev–Trinajstić information content (AvgIpc) is 3.30. The van der Waals surface area contributed by atoms with E-state index in [-0.39, 0.29) is 29.9 Å². The van der Waals surface area contributed by atoms with Crippen LogP contribution in [0.2, 0.25) is 0 Å². The standard InChI is InChI=1S/C29H32N4O5/c1-38-21-13-19-9-10-20(14-21)32(19)16-18-7-5-17(6-8-18)15-30-23-4-2-3-22-26(23)29(37)33(28(22)36)24-11-12-25(34)31-27(24)35/h2-8,19-21,24,30H,9-16H2,1H3,(H,31,34,35)/t19-,20+,21?,24?.